The third kappa shape index (κ3) is 2.85. The summed E-state index contributed by atoms with van der Waals surface area (Å²) in [6.07, 6.45) is 1.60. The number of benzene rings is 1. The number of hydrogen-bond acceptors (Lipinski definition) is 5. The van der Waals surface area contributed by atoms with E-state index in [1.54, 1.807) is 38.2 Å². The minimum Gasteiger partial charge on any atom is -0.389 e. The fourth-order valence-corrected chi connectivity index (χ4v) is 2.28. The number of non-ortho nitro benzene ring substituents is 1. The number of pyridine rings is 1. The normalized spacial score (nSPS) is 11.6. The Bertz CT molecular complexity index is 650. The van der Waals surface area contributed by atoms with E-state index in [0.29, 0.717) is 17.4 Å². The van der Waals surface area contributed by atoms with Gasteiger partial charge in [0.05, 0.1) is 21.6 Å². The topological polar surface area (TPSA) is 79.5 Å². The number of aliphatic hydroxyl groups is 1. The van der Waals surface area contributed by atoms with E-state index in [4.69, 9.17) is 0 Å². The van der Waals surface area contributed by atoms with Crippen LogP contribution in [-0.4, -0.2) is 34.2 Å². The first-order valence-corrected chi connectivity index (χ1v) is 6.25. The second kappa shape index (κ2) is 5.05. The smallest absolute Gasteiger partial charge is 0.278 e. The third-order valence-electron chi connectivity index (χ3n) is 2.96. The Labute approximate surface area is 116 Å². The number of nitro benzene ring substituents is 1. The molecule has 0 saturated heterocycles. The summed E-state index contributed by atoms with van der Waals surface area (Å²) >= 11 is 0. The molecule has 1 N–H and O–H groups in total. The van der Waals surface area contributed by atoms with Crippen LogP contribution >= 0.6 is 0 Å². The predicted molar refractivity (Wildman–Crippen MR) is 78.0 cm³/mol. The van der Waals surface area contributed by atoms with Gasteiger partial charge in [0.25, 0.3) is 5.69 Å². The van der Waals surface area contributed by atoms with Gasteiger partial charge in [-0.3, -0.25) is 15.1 Å². The molecule has 1 aromatic heterocycles. The van der Waals surface area contributed by atoms with Gasteiger partial charge in [-0.1, -0.05) is 0 Å². The van der Waals surface area contributed by atoms with Crippen LogP contribution in [0.4, 0.5) is 11.4 Å². The number of rotatable bonds is 4. The van der Waals surface area contributed by atoms with Gasteiger partial charge in [0.2, 0.25) is 0 Å². The van der Waals surface area contributed by atoms with Crippen LogP contribution in [-0.2, 0) is 0 Å². The van der Waals surface area contributed by atoms with Crippen molar-refractivity contribution in [1.82, 2.24) is 4.98 Å². The van der Waals surface area contributed by atoms with Crippen molar-refractivity contribution in [3.8, 4) is 0 Å². The Balaban J connectivity index is 2.56. The number of nitrogens with zero attached hydrogens (tertiary/aromatic N) is 3. The van der Waals surface area contributed by atoms with Gasteiger partial charge in [0, 0.05) is 25.9 Å². The maximum absolute atomic E-state index is 11.0. The van der Waals surface area contributed by atoms with Gasteiger partial charge < -0.3 is 10.0 Å². The van der Waals surface area contributed by atoms with Gasteiger partial charge in [-0.05, 0) is 32.0 Å². The second-order valence-corrected chi connectivity index (χ2v) is 5.43. The zero-order chi connectivity index (χ0) is 14.9. The Morgan fingerprint density at radius 3 is 2.70 bits per heavy atom. The van der Waals surface area contributed by atoms with E-state index < -0.39 is 10.5 Å². The molecule has 0 bridgehead atoms. The average molecular weight is 275 g/mol. The fraction of sp³-hybridized carbons (Fsp3) is 0.357. The van der Waals surface area contributed by atoms with Crippen LogP contribution in [0.3, 0.4) is 0 Å². The van der Waals surface area contributed by atoms with Gasteiger partial charge >= 0.3 is 0 Å². The van der Waals surface area contributed by atoms with Crippen molar-refractivity contribution in [2.45, 2.75) is 19.4 Å². The molecule has 1 aromatic carbocycles. The maximum atomic E-state index is 11.0. The molecule has 6 heteroatoms. The van der Waals surface area contributed by atoms with Crippen LogP contribution in [0, 0.1) is 10.1 Å². The monoisotopic (exact) mass is 275 g/mol. The number of nitro groups is 1. The summed E-state index contributed by atoms with van der Waals surface area (Å²) in [6.45, 7) is 3.82. The first kappa shape index (κ1) is 14.2. The molecule has 0 amide bonds. The summed E-state index contributed by atoms with van der Waals surface area (Å²) in [5, 5.41) is 21.4. The molecule has 0 aliphatic rings. The Morgan fingerprint density at radius 2 is 2.10 bits per heavy atom. The third-order valence-corrected chi connectivity index (χ3v) is 2.96. The number of fused-ring (bicyclic) bond motifs is 1. The van der Waals surface area contributed by atoms with E-state index in [9.17, 15) is 15.2 Å². The van der Waals surface area contributed by atoms with Gasteiger partial charge in [-0.25, -0.2) is 0 Å². The molecule has 6 nitrogen and oxygen atoms in total. The molecule has 0 unspecified atom stereocenters. The minimum atomic E-state index is -0.863. The van der Waals surface area contributed by atoms with Gasteiger partial charge in [0.15, 0.2) is 0 Å². The standard InChI is InChI=1S/C14H17N3O3/c1-14(2,18)9-16(3)12-7-6-11(17(19)20)10-5-4-8-15-13(10)12/h4-8,18H,9H2,1-3H3. The van der Waals surface area contributed by atoms with Crippen molar-refractivity contribution in [2.24, 2.45) is 0 Å². The van der Waals surface area contributed by atoms with Crippen LogP contribution in [0.5, 0.6) is 0 Å². The summed E-state index contributed by atoms with van der Waals surface area (Å²) in [4.78, 5) is 16.7. The number of hydrogen-bond donors (Lipinski definition) is 1. The number of likely N-dealkylation sites (N-methyl/N-ethyl adjacent to an activating group) is 1. The van der Waals surface area contributed by atoms with Crippen LogP contribution < -0.4 is 4.90 Å². The molecule has 0 atom stereocenters. The van der Waals surface area contributed by atoms with Crippen LogP contribution in [0.1, 0.15) is 13.8 Å². The maximum Gasteiger partial charge on any atom is 0.278 e. The van der Waals surface area contributed by atoms with Crippen LogP contribution in [0.15, 0.2) is 30.5 Å². The second-order valence-electron chi connectivity index (χ2n) is 5.43. The van der Waals surface area contributed by atoms with Crippen molar-refractivity contribution in [3.63, 3.8) is 0 Å². The highest BCUT2D eigenvalue weighted by Gasteiger charge is 2.20. The molecule has 0 saturated carbocycles. The minimum absolute atomic E-state index is 0.0357. The molecule has 0 fully saturated rings. The molecular formula is C14H17N3O3. The Hall–Kier alpha value is -2.21. The van der Waals surface area contributed by atoms with Gasteiger partial charge in [-0.2, -0.15) is 0 Å². The quantitative estimate of drug-likeness (QED) is 0.684. The van der Waals surface area contributed by atoms with Gasteiger partial charge in [0.1, 0.15) is 5.52 Å². The molecular weight excluding hydrogens is 258 g/mol. The molecule has 2 rings (SSSR count). The van der Waals surface area contributed by atoms with Crippen molar-refractivity contribution >= 4 is 22.3 Å². The van der Waals surface area contributed by atoms with Crippen molar-refractivity contribution in [2.75, 3.05) is 18.5 Å². The van der Waals surface area contributed by atoms with Crippen LogP contribution in [0.2, 0.25) is 0 Å². The molecule has 1 heterocycles. The number of aromatic nitrogens is 1. The Morgan fingerprint density at radius 1 is 1.40 bits per heavy atom. The van der Waals surface area contributed by atoms with E-state index in [2.05, 4.69) is 4.98 Å². The van der Waals surface area contributed by atoms with E-state index >= 15 is 0 Å². The van der Waals surface area contributed by atoms with E-state index in [1.807, 2.05) is 11.9 Å². The fourth-order valence-electron chi connectivity index (χ4n) is 2.28. The summed E-state index contributed by atoms with van der Waals surface area (Å²) in [7, 11) is 1.83. The van der Waals surface area contributed by atoms with Gasteiger partial charge in [-0.15, -0.1) is 0 Å². The zero-order valence-electron chi connectivity index (χ0n) is 11.7. The number of anilines is 1. The van der Waals surface area contributed by atoms with Crippen molar-refractivity contribution in [1.29, 1.82) is 0 Å². The molecule has 20 heavy (non-hydrogen) atoms. The van der Waals surface area contributed by atoms with Crippen molar-refractivity contribution in [3.05, 3.63) is 40.6 Å². The molecule has 0 radical (unpaired) electrons. The molecule has 0 aliphatic carbocycles. The molecule has 2 aromatic rings. The first-order valence-electron chi connectivity index (χ1n) is 6.25. The van der Waals surface area contributed by atoms with E-state index in [-0.39, 0.29) is 5.69 Å². The van der Waals surface area contributed by atoms with Crippen LogP contribution in [0.25, 0.3) is 10.9 Å². The molecule has 0 spiro atoms. The lowest BCUT2D eigenvalue weighted by Crippen LogP contribution is -2.36. The average Bonchev–Trinajstić information content (AvgIpc) is 2.35. The highest BCUT2D eigenvalue weighted by atomic mass is 16.6. The lowest BCUT2D eigenvalue weighted by molar-refractivity contribution is -0.383. The summed E-state index contributed by atoms with van der Waals surface area (Å²) in [5.41, 5.74) is 0.493. The first-order chi connectivity index (χ1) is 9.29. The lowest BCUT2D eigenvalue weighted by Gasteiger charge is -2.27. The summed E-state index contributed by atoms with van der Waals surface area (Å²) < 4.78 is 0. The Kier molecular flexibility index (Phi) is 3.59. The highest BCUT2D eigenvalue weighted by molar-refractivity contribution is 5.97. The lowest BCUT2D eigenvalue weighted by atomic mass is 10.1. The molecule has 106 valence electrons. The van der Waals surface area contributed by atoms with E-state index in [1.165, 1.54) is 6.07 Å². The summed E-state index contributed by atoms with van der Waals surface area (Å²) in [6, 6.07) is 6.50. The zero-order valence-corrected chi connectivity index (χ0v) is 11.7. The van der Waals surface area contributed by atoms with E-state index in [0.717, 1.165) is 5.69 Å². The highest BCUT2D eigenvalue weighted by Crippen LogP contribution is 2.31. The predicted octanol–water partition coefficient (Wildman–Crippen LogP) is 2.35. The van der Waals surface area contributed by atoms with Crippen molar-refractivity contribution < 1.29 is 10.0 Å². The summed E-state index contributed by atoms with van der Waals surface area (Å²) in [5.74, 6) is 0. The largest absolute Gasteiger partial charge is 0.389 e. The molecule has 0 aliphatic heterocycles. The SMILES string of the molecule is CN(CC(C)(C)O)c1ccc([N+](=O)[O-])c2cccnc12.